The summed E-state index contributed by atoms with van der Waals surface area (Å²) in [4.78, 5) is 21.7. The summed E-state index contributed by atoms with van der Waals surface area (Å²) in [6.07, 6.45) is 6.13. The molecule has 0 bridgehead atoms. The van der Waals surface area contributed by atoms with Crippen LogP contribution < -0.4 is 14.8 Å². The molecule has 3 aliphatic heterocycles. The van der Waals surface area contributed by atoms with Crippen LogP contribution in [0.3, 0.4) is 0 Å². The number of carbonyl (C=O) groups is 1. The highest BCUT2D eigenvalue weighted by Crippen LogP contribution is 2.36. The van der Waals surface area contributed by atoms with Crippen LogP contribution in [0.15, 0.2) is 36.7 Å². The lowest BCUT2D eigenvalue weighted by Crippen LogP contribution is -2.46. The maximum absolute atomic E-state index is 12.8. The fraction of sp³-hybridized carbons (Fsp3) is 0.520. The van der Waals surface area contributed by atoms with Crippen molar-refractivity contribution in [2.75, 3.05) is 46.2 Å². The van der Waals surface area contributed by atoms with Gasteiger partial charge in [0.1, 0.15) is 0 Å². The highest BCUT2D eigenvalue weighted by atomic mass is 35.5. The topological polar surface area (TPSA) is 76.2 Å². The molecule has 2 atom stereocenters. The lowest BCUT2D eigenvalue weighted by molar-refractivity contribution is -0.130. The number of pyridine rings is 1. The van der Waals surface area contributed by atoms with Crippen LogP contribution in [0.1, 0.15) is 36.4 Å². The number of amides is 1. The van der Waals surface area contributed by atoms with Gasteiger partial charge in [-0.1, -0.05) is 17.7 Å². The zero-order chi connectivity index (χ0) is 23.3. The Morgan fingerprint density at radius 3 is 2.82 bits per heavy atom. The number of rotatable bonds is 9. The number of halogens is 1. The van der Waals surface area contributed by atoms with Gasteiger partial charge in [0.2, 0.25) is 12.7 Å². The Kier molecular flexibility index (Phi) is 7.49. The number of nitrogens with one attached hydrogen (secondary N) is 1. The Morgan fingerprint density at radius 2 is 2.03 bits per heavy atom. The Balaban J connectivity index is 1.19. The van der Waals surface area contributed by atoms with Gasteiger partial charge in [0.15, 0.2) is 11.5 Å². The zero-order valence-corrected chi connectivity index (χ0v) is 20.0. The SMILES string of the molecule is O=C1CC[C@H](CCNCc2cc3c(cc2Cl)OCO3)N1C[C@H](c1cccnc1)N1CCOCC1. The summed E-state index contributed by atoms with van der Waals surface area (Å²) in [5.41, 5.74) is 2.13. The smallest absolute Gasteiger partial charge is 0.231 e. The van der Waals surface area contributed by atoms with Crippen molar-refractivity contribution in [1.82, 2.24) is 20.1 Å². The molecule has 0 spiro atoms. The van der Waals surface area contributed by atoms with E-state index >= 15 is 0 Å². The third-order valence-electron chi connectivity index (χ3n) is 6.89. The van der Waals surface area contributed by atoms with E-state index in [9.17, 15) is 4.79 Å². The van der Waals surface area contributed by atoms with E-state index in [0.29, 0.717) is 30.3 Å². The van der Waals surface area contributed by atoms with Crippen LogP contribution in [-0.4, -0.2) is 72.9 Å². The van der Waals surface area contributed by atoms with Gasteiger partial charge in [-0.2, -0.15) is 0 Å². The monoisotopic (exact) mass is 486 g/mol. The number of ether oxygens (including phenoxy) is 3. The van der Waals surface area contributed by atoms with Gasteiger partial charge in [0, 0.05) is 62.1 Å². The average molecular weight is 487 g/mol. The highest BCUT2D eigenvalue weighted by molar-refractivity contribution is 6.31. The van der Waals surface area contributed by atoms with Crippen molar-refractivity contribution in [1.29, 1.82) is 0 Å². The number of morpholine rings is 1. The molecule has 2 saturated heterocycles. The van der Waals surface area contributed by atoms with Gasteiger partial charge >= 0.3 is 0 Å². The number of carbonyl (C=O) groups excluding carboxylic acids is 1. The molecule has 2 aromatic rings. The first-order valence-corrected chi connectivity index (χ1v) is 12.4. The second-order valence-corrected chi connectivity index (χ2v) is 9.36. The molecule has 9 heteroatoms. The van der Waals surface area contributed by atoms with Crippen molar-refractivity contribution in [3.05, 3.63) is 52.8 Å². The molecule has 4 heterocycles. The van der Waals surface area contributed by atoms with Crippen molar-refractivity contribution in [3.8, 4) is 11.5 Å². The molecule has 0 aliphatic carbocycles. The molecule has 1 amide bonds. The maximum atomic E-state index is 12.8. The van der Waals surface area contributed by atoms with Gasteiger partial charge in [0.05, 0.1) is 19.3 Å². The molecular formula is C25H31ClN4O4. The van der Waals surface area contributed by atoms with Gasteiger partial charge in [-0.05, 0) is 42.6 Å². The molecule has 0 unspecified atom stereocenters. The maximum Gasteiger partial charge on any atom is 0.231 e. The summed E-state index contributed by atoms with van der Waals surface area (Å²) < 4.78 is 16.4. The van der Waals surface area contributed by atoms with Crippen LogP contribution in [0, 0.1) is 0 Å². The standard InChI is InChI=1S/C25H31ClN4O4/c26-21-13-24-23(33-17-34-24)12-19(21)15-28-7-5-20-3-4-25(31)30(20)16-22(18-2-1-6-27-14-18)29-8-10-32-11-9-29/h1-2,6,12-14,20,22,28H,3-5,7-11,15-17H2/t20-,22-/m1/s1. The van der Waals surface area contributed by atoms with E-state index in [1.807, 2.05) is 24.4 Å². The van der Waals surface area contributed by atoms with Crippen LogP contribution in [0.2, 0.25) is 5.02 Å². The highest BCUT2D eigenvalue weighted by Gasteiger charge is 2.34. The Morgan fingerprint density at radius 1 is 1.21 bits per heavy atom. The molecule has 2 fully saturated rings. The molecule has 182 valence electrons. The normalized spacial score (nSPS) is 21.3. The minimum absolute atomic E-state index is 0.127. The van der Waals surface area contributed by atoms with Crippen LogP contribution in [-0.2, 0) is 16.1 Å². The van der Waals surface area contributed by atoms with E-state index in [1.54, 1.807) is 6.20 Å². The quantitative estimate of drug-likeness (QED) is 0.546. The van der Waals surface area contributed by atoms with Crippen LogP contribution in [0.5, 0.6) is 11.5 Å². The number of benzene rings is 1. The minimum Gasteiger partial charge on any atom is -0.454 e. The molecule has 8 nitrogen and oxygen atoms in total. The molecule has 34 heavy (non-hydrogen) atoms. The van der Waals surface area contributed by atoms with Crippen molar-refractivity contribution >= 4 is 17.5 Å². The molecule has 0 radical (unpaired) electrons. The van der Waals surface area contributed by atoms with Gasteiger partial charge < -0.3 is 24.4 Å². The van der Waals surface area contributed by atoms with E-state index in [1.165, 1.54) is 0 Å². The second-order valence-electron chi connectivity index (χ2n) is 8.95. The fourth-order valence-electron chi connectivity index (χ4n) is 5.01. The molecule has 5 rings (SSSR count). The number of nitrogens with zero attached hydrogens (tertiary/aromatic N) is 3. The van der Waals surface area contributed by atoms with Gasteiger partial charge in [-0.15, -0.1) is 0 Å². The average Bonchev–Trinajstić information content (AvgIpc) is 3.47. The van der Waals surface area contributed by atoms with Gasteiger partial charge in [-0.3, -0.25) is 14.7 Å². The van der Waals surface area contributed by atoms with E-state index in [0.717, 1.165) is 62.6 Å². The first-order chi connectivity index (χ1) is 16.7. The Hall–Kier alpha value is -2.39. The van der Waals surface area contributed by atoms with Crippen LogP contribution in [0.25, 0.3) is 0 Å². The van der Waals surface area contributed by atoms with Crippen molar-refractivity contribution in [2.24, 2.45) is 0 Å². The number of aromatic nitrogens is 1. The van der Waals surface area contributed by atoms with Gasteiger partial charge in [0.25, 0.3) is 0 Å². The van der Waals surface area contributed by atoms with Crippen molar-refractivity contribution < 1.29 is 19.0 Å². The zero-order valence-electron chi connectivity index (χ0n) is 19.2. The number of fused-ring (bicyclic) bond motifs is 1. The third kappa shape index (κ3) is 5.30. The summed E-state index contributed by atoms with van der Waals surface area (Å²) in [6, 6.07) is 8.18. The molecule has 1 N–H and O–H groups in total. The molecular weight excluding hydrogens is 456 g/mol. The lowest BCUT2D eigenvalue weighted by atomic mass is 10.0. The largest absolute Gasteiger partial charge is 0.454 e. The first kappa shape index (κ1) is 23.4. The van der Waals surface area contributed by atoms with E-state index in [2.05, 4.69) is 26.2 Å². The van der Waals surface area contributed by atoms with E-state index < -0.39 is 0 Å². The van der Waals surface area contributed by atoms with E-state index in [4.69, 9.17) is 25.8 Å². The van der Waals surface area contributed by atoms with Crippen molar-refractivity contribution in [3.63, 3.8) is 0 Å². The minimum atomic E-state index is 0.127. The third-order valence-corrected chi connectivity index (χ3v) is 7.24. The van der Waals surface area contributed by atoms with Crippen LogP contribution >= 0.6 is 11.6 Å². The molecule has 0 saturated carbocycles. The summed E-state index contributed by atoms with van der Waals surface area (Å²) in [5.74, 6) is 1.67. The Labute approximate surface area is 205 Å². The number of hydrogen-bond acceptors (Lipinski definition) is 7. The Bertz CT molecular complexity index is 986. The summed E-state index contributed by atoms with van der Waals surface area (Å²) >= 11 is 6.40. The molecule has 1 aromatic carbocycles. The lowest BCUT2D eigenvalue weighted by Gasteiger charge is -2.38. The fourth-order valence-corrected chi connectivity index (χ4v) is 5.23. The van der Waals surface area contributed by atoms with Crippen LogP contribution in [0.4, 0.5) is 0 Å². The number of hydrogen-bond donors (Lipinski definition) is 1. The summed E-state index contributed by atoms with van der Waals surface area (Å²) in [5, 5.41) is 4.15. The summed E-state index contributed by atoms with van der Waals surface area (Å²) in [7, 11) is 0. The van der Waals surface area contributed by atoms with Gasteiger partial charge in [-0.25, -0.2) is 0 Å². The number of likely N-dealkylation sites (tertiary alicyclic amines) is 1. The first-order valence-electron chi connectivity index (χ1n) is 12.0. The predicted molar refractivity (Wildman–Crippen MR) is 128 cm³/mol. The summed E-state index contributed by atoms with van der Waals surface area (Å²) in [6.45, 7) is 5.54. The molecule has 1 aromatic heterocycles. The second kappa shape index (κ2) is 10.9. The van der Waals surface area contributed by atoms with Crippen molar-refractivity contribution in [2.45, 2.75) is 37.9 Å². The predicted octanol–water partition coefficient (Wildman–Crippen LogP) is 3.01. The molecule has 3 aliphatic rings. The van der Waals surface area contributed by atoms with E-state index in [-0.39, 0.29) is 24.8 Å².